The molecule has 1 rings (SSSR count). The van der Waals surface area contributed by atoms with Gasteiger partial charge in [-0.15, -0.1) is 0 Å². The number of alkyl halides is 2. The quantitative estimate of drug-likeness (QED) is 0.748. The van der Waals surface area contributed by atoms with Gasteiger partial charge in [-0.05, 0) is 45.2 Å². The van der Waals surface area contributed by atoms with Gasteiger partial charge in [0.05, 0.1) is 12.9 Å². The van der Waals surface area contributed by atoms with Gasteiger partial charge in [0, 0.05) is 0 Å². The molecule has 0 aliphatic heterocycles. The molecule has 8 heteroatoms. The average Bonchev–Trinajstić information content (AvgIpc) is 2.35. The highest BCUT2D eigenvalue weighted by atomic mass is 127. The van der Waals surface area contributed by atoms with Crippen molar-refractivity contribution >= 4 is 51.2 Å². The number of aromatic nitrogens is 2. The predicted molar refractivity (Wildman–Crippen MR) is 60.2 cm³/mol. The molecule has 0 saturated carbocycles. The third kappa shape index (κ3) is 2.52. The minimum Gasteiger partial charge on any atom is -0.477 e. The normalized spacial score (nSPS) is 11.7. The maximum Gasteiger partial charge on any atom is 0.376 e. The Labute approximate surface area is 105 Å². The van der Waals surface area contributed by atoms with Crippen molar-refractivity contribution in [1.29, 1.82) is 0 Å². The largest absolute Gasteiger partial charge is 0.477 e. The number of carbonyl (C=O) groups is 1. The Bertz CT molecular complexity index is 367. The first-order chi connectivity index (χ1) is 6.34. The molecular weight excluding hydrogens is 424 g/mol. The molecule has 0 bridgehead atoms. The summed E-state index contributed by atoms with van der Waals surface area (Å²) in [5, 5.41) is 8.21. The van der Waals surface area contributed by atoms with Crippen LogP contribution in [0.5, 0.6) is 0 Å². The highest BCUT2D eigenvalue weighted by Gasteiger charge is 2.39. The Balaban J connectivity index is 2.89. The second-order valence-corrected chi connectivity index (χ2v) is 4.51. The molecule has 0 unspecified atom stereocenters. The Morgan fingerprint density at radius 2 is 2.21 bits per heavy atom. The number of rotatable bonds is 3. The number of hydrogen-bond acceptors (Lipinski definition) is 2. The zero-order valence-electron chi connectivity index (χ0n) is 6.55. The summed E-state index contributed by atoms with van der Waals surface area (Å²) in [7, 11) is 0. The van der Waals surface area contributed by atoms with E-state index in [1.165, 1.54) is 6.33 Å². The molecule has 1 N–H and O–H groups in total. The van der Waals surface area contributed by atoms with Crippen LogP contribution in [0.4, 0.5) is 8.78 Å². The van der Waals surface area contributed by atoms with Crippen LogP contribution in [0.1, 0.15) is 0 Å². The molecular formula is C6H4F2I2N2O2. The van der Waals surface area contributed by atoms with E-state index in [1.807, 2.05) is 45.2 Å². The van der Waals surface area contributed by atoms with Crippen LogP contribution >= 0.6 is 45.2 Å². The molecule has 0 spiro atoms. The van der Waals surface area contributed by atoms with Gasteiger partial charge in [-0.3, -0.25) is 0 Å². The highest BCUT2D eigenvalue weighted by Crippen LogP contribution is 2.20. The van der Waals surface area contributed by atoms with E-state index in [2.05, 4.69) is 4.98 Å². The summed E-state index contributed by atoms with van der Waals surface area (Å²) >= 11 is 3.71. The fourth-order valence-corrected chi connectivity index (χ4v) is 1.60. The third-order valence-electron chi connectivity index (χ3n) is 1.41. The van der Waals surface area contributed by atoms with Gasteiger partial charge >= 0.3 is 11.9 Å². The van der Waals surface area contributed by atoms with Gasteiger partial charge in [0.15, 0.2) is 0 Å². The van der Waals surface area contributed by atoms with Crippen molar-refractivity contribution in [3.05, 3.63) is 13.7 Å². The van der Waals surface area contributed by atoms with Crippen LogP contribution in [0.3, 0.4) is 0 Å². The lowest BCUT2D eigenvalue weighted by molar-refractivity contribution is -0.166. The third-order valence-corrected chi connectivity index (χ3v) is 4.37. The SMILES string of the molecule is O=C(O)C(F)(F)Cn1cnc(I)c1I. The second kappa shape index (κ2) is 4.24. The molecule has 0 saturated heterocycles. The zero-order valence-corrected chi connectivity index (χ0v) is 10.9. The van der Waals surface area contributed by atoms with E-state index in [9.17, 15) is 13.6 Å². The molecule has 0 radical (unpaired) electrons. The number of carboxylic acid groups (broad SMARTS) is 1. The average molecular weight is 428 g/mol. The van der Waals surface area contributed by atoms with E-state index in [0.29, 0.717) is 7.40 Å². The fraction of sp³-hybridized carbons (Fsp3) is 0.333. The van der Waals surface area contributed by atoms with Crippen molar-refractivity contribution in [1.82, 2.24) is 9.55 Å². The smallest absolute Gasteiger partial charge is 0.376 e. The molecule has 0 aliphatic carbocycles. The van der Waals surface area contributed by atoms with Crippen molar-refractivity contribution in [3.63, 3.8) is 0 Å². The van der Waals surface area contributed by atoms with E-state index < -0.39 is 18.4 Å². The van der Waals surface area contributed by atoms with Crippen LogP contribution in [0.25, 0.3) is 0 Å². The number of halogens is 4. The van der Waals surface area contributed by atoms with Crippen LogP contribution in [0, 0.1) is 7.40 Å². The van der Waals surface area contributed by atoms with Crippen molar-refractivity contribution in [3.8, 4) is 0 Å². The summed E-state index contributed by atoms with van der Waals surface area (Å²) in [6, 6.07) is 0. The molecule has 14 heavy (non-hydrogen) atoms. The summed E-state index contributed by atoms with van der Waals surface area (Å²) in [4.78, 5) is 13.9. The first-order valence-electron chi connectivity index (χ1n) is 3.32. The molecule has 0 aliphatic rings. The molecule has 1 heterocycles. The summed E-state index contributed by atoms with van der Waals surface area (Å²) < 4.78 is 27.7. The van der Waals surface area contributed by atoms with Crippen LogP contribution < -0.4 is 0 Å². The van der Waals surface area contributed by atoms with E-state index in [1.54, 1.807) is 0 Å². The Morgan fingerprint density at radius 3 is 2.57 bits per heavy atom. The number of hydrogen-bond donors (Lipinski definition) is 1. The van der Waals surface area contributed by atoms with Crippen LogP contribution in [0.15, 0.2) is 6.33 Å². The maximum atomic E-state index is 12.8. The standard InChI is InChI=1S/C6H4F2I2N2O2/c7-6(8,5(13)14)1-12-2-11-3(9)4(12)10/h2H,1H2,(H,13,14). The van der Waals surface area contributed by atoms with Gasteiger partial charge in [-0.1, -0.05) is 0 Å². The van der Waals surface area contributed by atoms with E-state index in [0.717, 1.165) is 4.57 Å². The van der Waals surface area contributed by atoms with Gasteiger partial charge in [0.25, 0.3) is 0 Å². The van der Waals surface area contributed by atoms with Crippen molar-refractivity contribution in [2.75, 3.05) is 0 Å². The minimum atomic E-state index is -3.76. The lowest BCUT2D eigenvalue weighted by atomic mass is 10.3. The molecule has 0 amide bonds. The van der Waals surface area contributed by atoms with Gasteiger partial charge in [0.1, 0.15) is 7.40 Å². The van der Waals surface area contributed by atoms with Gasteiger partial charge in [-0.25, -0.2) is 9.78 Å². The number of nitrogens with zero attached hydrogens (tertiary/aromatic N) is 2. The van der Waals surface area contributed by atoms with E-state index in [-0.39, 0.29) is 0 Å². The van der Waals surface area contributed by atoms with Gasteiger partial charge in [0.2, 0.25) is 0 Å². The number of aliphatic carboxylic acids is 1. The van der Waals surface area contributed by atoms with E-state index >= 15 is 0 Å². The molecule has 0 fully saturated rings. The first kappa shape index (κ1) is 12.1. The number of carboxylic acids is 1. The Hall–Kier alpha value is -0.000000000000000111. The summed E-state index contributed by atoms with van der Waals surface area (Å²) in [6.07, 6.45) is 1.19. The lowest BCUT2D eigenvalue weighted by Crippen LogP contribution is -2.33. The highest BCUT2D eigenvalue weighted by molar-refractivity contribution is 14.1. The fourth-order valence-electron chi connectivity index (χ4n) is 0.735. The molecule has 1 aromatic rings. The predicted octanol–water partition coefficient (Wildman–Crippen LogP) is 1.81. The van der Waals surface area contributed by atoms with Crippen LogP contribution in [0.2, 0.25) is 0 Å². The molecule has 78 valence electrons. The molecule has 0 aromatic carbocycles. The topological polar surface area (TPSA) is 55.1 Å². The van der Waals surface area contributed by atoms with Crippen molar-refractivity contribution in [2.24, 2.45) is 0 Å². The Morgan fingerprint density at radius 1 is 1.64 bits per heavy atom. The summed E-state index contributed by atoms with van der Waals surface area (Å²) in [6.45, 7) is -0.892. The van der Waals surface area contributed by atoms with Crippen LogP contribution in [-0.4, -0.2) is 26.5 Å². The molecule has 1 aromatic heterocycles. The maximum absolute atomic E-state index is 12.8. The number of imidazole rings is 1. The molecule has 0 atom stereocenters. The second-order valence-electron chi connectivity index (χ2n) is 2.46. The van der Waals surface area contributed by atoms with Gasteiger partial charge in [-0.2, -0.15) is 8.78 Å². The Kier molecular flexibility index (Phi) is 3.66. The van der Waals surface area contributed by atoms with Gasteiger partial charge < -0.3 is 9.67 Å². The van der Waals surface area contributed by atoms with E-state index in [4.69, 9.17) is 5.11 Å². The van der Waals surface area contributed by atoms with Crippen LogP contribution in [-0.2, 0) is 11.3 Å². The minimum absolute atomic E-state index is 0.504. The molecule has 4 nitrogen and oxygen atoms in total. The monoisotopic (exact) mass is 428 g/mol. The van der Waals surface area contributed by atoms with Crippen molar-refractivity contribution in [2.45, 2.75) is 12.5 Å². The zero-order chi connectivity index (χ0) is 10.9. The lowest BCUT2D eigenvalue weighted by Gasteiger charge is -2.11. The summed E-state index contributed by atoms with van der Waals surface area (Å²) in [5.74, 6) is -5.89. The summed E-state index contributed by atoms with van der Waals surface area (Å²) in [5.41, 5.74) is 0. The van der Waals surface area contributed by atoms with Crippen molar-refractivity contribution < 1.29 is 18.7 Å². The first-order valence-corrected chi connectivity index (χ1v) is 5.47.